The Bertz CT molecular complexity index is 681. The van der Waals surface area contributed by atoms with Crippen molar-refractivity contribution in [1.29, 1.82) is 0 Å². The third kappa shape index (κ3) is 5.28. The van der Waals surface area contributed by atoms with Gasteiger partial charge in [-0.2, -0.15) is 0 Å². The predicted molar refractivity (Wildman–Crippen MR) is 103 cm³/mol. The Kier molecular flexibility index (Phi) is 7.36. The monoisotopic (exact) mass is 391 g/mol. The van der Waals surface area contributed by atoms with Gasteiger partial charge in [0.1, 0.15) is 0 Å². The number of carbonyl (C=O) groups excluding carboxylic acids is 2. The molecule has 0 spiro atoms. The number of carbonyl (C=O) groups is 2. The van der Waals surface area contributed by atoms with E-state index in [0.29, 0.717) is 25.4 Å². The van der Waals surface area contributed by atoms with E-state index in [9.17, 15) is 14.0 Å². The van der Waals surface area contributed by atoms with Crippen LogP contribution in [0.1, 0.15) is 62.2 Å². The molecule has 2 aliphatic carbocycles. The second kappa shape index (κ2) is 9.96. The van der Waals surface area contributed by atoms with Crippen LogP contribution in [0.4, 0.5) is 4.39 Å². The number of pyridine rings is 1. The van der Waals surface area contributed by atoms with Crippen LogP contribution in [0.5, 0.6) is 0 Å². The molecule has 1 aromatic rings. The molecule has 0 radical (unpaired) electrons. The summed E-state index contributed by atoms with van der Waals surface area (Å²) in [4.78, 5) is 28.8. The minimum Gasteiger partial charge on any atom is -0.376 e. The van der Waals surface area contributed by atoms with Crippen LogP contribution >= 0.6 is 0 Å². The summed E-state index contributed by atoms with van der Waals surface area (Å²) in [6, 6.07) is 1.04. The Balaban J connectivity index is 1.61. The zero-order valence-corrected chi connectivity index (χ0v) is 16.5. The number of nitrogens with one attached hydrogen (secondary N) is 2. The highest BCUT2D eigenvalue weighted by Gasteiger charge is 2.36. The van der Waals surface area contributed by atoms with Crippen LogP contribution < -0.4 is 10.6 Å². The summed E-state index contributed by atoms with van der Waals surface area (Å²) >= 11 is 0. The number of ether oxygens (including phenoxy) is 1. The second-order valence-electron chi connectivity index (χ2n) is 7.90. The fourth-order valence-corrected chi connectivity index (χ4v) is 3.89. The van der Waals surface area contributed by atoms with Gasteiger partial charge in [0.2, 0.25) is 5.91 Å². The summed E-state index contributed by atoms with van der Waals surface area (Å²) < 4.78 is 19.8. The number of halogens is 1. The lowest BCUT2D eigenvalue weighted by molar-refractivity contribution is -0.128. The molecule has 3 atom stereocenters. The summed E-state index contributed by atoms with van der Waals surface area (Å²) in [5.74, 6) is -0.648. The van der Waals surface area contributed by atoms with Crippen LogP contribution in [0.2, 0.25) is 0 Å². The summed E-state index contributed by atoms with van der Waals surface area (Å²) in [6.45, 7) is 3.36. The number of amides is 2. The SMILES string of the molecule is CCCO[C@@H]1CC[C@H](C(=O)NCC2CCC2)C[C@H]1NC(=O)c1ccncc1F. The molecule has 1 aromatic heterocycles. The Morgan fingerprint density at radius 1 is 1.29 bits per heavy atom. The number of rotatable bonds is 8. The largest absolute Gasteiger partial charge is 0.376 e. The fourth-order valence-electron chi connectivity index (χ4n) is 3.89. The number of nitrogens with zero attached hydrogens (tertiary/aromatic N) is 1. The Hall–Kier alpha value is -2.02. The number of hydrogen-bond donors (Lipinski definition) is 2. The first-order valence-electron chi connectivity index (χ1n) is 10.4. The molecule has 2 N–H and O–H groups in total. The van der Waals surface area contributed by atoms with E-state index in [1.165, 1.54) is 31.5 Å². The highest BCUT2D eigenvalue weighted by molar-refractivity contribution is 5.94. The van der Waals surface area contributed by atoms with Crippen molar-refractivity contribution in [3.63, 3.8) is 0 Å². The lowest BCUT2D eigenvalue weighted by Gasteiger charge is -2.36. The van der Waals surface area contributed by atoms with E-state index < -0.39 is 11.7 Å². The van der Waals surface area contributed by atoms with Crippen LogP contribution in [-0.2, 0) is 9.53 Å². The van der Waals surface area contributed by atoms with Gasteiger partial charge in [0.05, 0.1) is 23.9 Å². The topological polar surface area (TPSA) is 80.3 Å². The number of aromatic nitrogens is 1. The molecule has 0 unspecified atom stereocenters. The van der Waals surface area contributed by atoms with Crippen molar-refractivity contribution in [3.05, 3.63) is 29.8 Å². The van der Waals surface area contributed by atoms with Gasteiger partial charge < -0.3 is 15.4 Å². The van der Waals surface area contributed by atoms with Gasteiger partial charge in [-0.05, 0) is 50.5 Å². The third-order valence-corrected chi connectivity index (χ3v) is 5.82. The van der Waals surface area contributed by atoms with Crippen molar-refractivity contribution in [2.75, 3.05) is 13.2 Å². The van der Waals surface area contributed by atoms with Crippen molar-refractivity contribution in [1.82, 2.24) is 15.6 Å². The predicted octanol–water partition coefficient (Wildman–Crippen LogP) is 2.83. The van der Waals surface area contributed by atoms with E-state index in [4.69, 9.17) is 4.74 Å². The minimum atomic E-state index is -0.656. The van der Waals surface area contributed by atoms with E-state index in [0.717, 1.165) is 25.6 Å². The highest BCUT2D eigenvalue weighted by Crippen LogP contribution is 2.29. The summed E-state index contributed by atoms with van der Waals surface area (Å²) in [5, 5.41) is 5.96. The lowest BCUT2D eigenvalue weighted by Crippen LogP contribution is -2.51. The maximum Gasteiger partial charge on any atom is 0.254 e. The Labute approximate surface area is 165 Å². The molecule has 0 saturated heterocycles. The van der Waals surface area contributed by atoms with Crippen LogP contribution in [-0.4, -0.2) is 42.1 Å². The Morgan fingerprint density at radius 3 is 2.79 bits per heavy atom. The van der Waals surface area contributed by atoms with Gasteiger partial charge in [0, 0.05) is 25.3 Å². The van der Waals surface area contributed by atoms with Crippen molar-refractivity contribution in [3.8, 4) is 0 Å². The van der Waals surface area contributed by atoms with Crippen molar-refractivity contribution < 1.29 is 18.7 Å². The van der Waals surface area contributed by atoms with Gasteiger partial charge in [-0.15, -0.1) is 0 Å². The van der Waals surface area contributed by atoms with Gasteiger partial charge in [-0.3, -0.25) is 14.6 Å². The van der Waals surface area contributed by atoms with Crippen molar-refractivity contribution in [2.45, 2.75) is 64.0 Å². The fraction of sp³-hybridized carbons (Fsp3) is 0.667. The summed E-state index contributed by atoms with van der Waals surface area (Å²) in [6.07, 6.45) is 8.70. The molecule has 2 saturated carbocycles. The molecule has 0 aliphatic heterocycles. The van der Waals surface area contributed by atoms with Gasteiger partial charge in [-0.25, -0.2) is 4.39 Å². The Morgan fingerprint density at radius 2 is 2.11 bits per heavy atom. The molecule has 0 aromatic carbocycles. The average Bonchev–Trinajstić information content (AvgIpc) is 2.65. The highest BCUT2D eigenvalue weighted by atomic mass is 19.1. The zero-order chi connectivity index (χ0) is 19.9. The van der Waals surface area contributed by atoms with E-state index in [1.807, 2.05) is 6.92 Å². The van der Waals surface area contributed by atoms with Gasteiger partial charge in [0.25, 0.3) is 5.91 Å². The van der Waals surface area contributed by atoms with Crippen molar-refractivity contribution in [2.24, 2.45) is 11.8 Å². The average molecular weight is 391 g/mol. The molecule has 1 heterocycles. The molecule has 0 bridgehead atoms. The zero-order valence-electron chi connectivity index (χ0n) is 16.5. The summed E-state index contributed by atoms with van der Waals surface area (Å²) in [5.41, 5.74) is -0.0409. The normalized spacial score (nSPS) is 25.0. The molecule has 154 valence electrons. The van der Waals surface area contributed by atoms with E-state index in [-0.39, 0.29) is 29.5 Å². The summed E-state index contributed by atoms with van der Waals surface area (Å²) in [7, 11) is 0. The first-order chi connectivity index (χ1) is 13.6. The second-order valence-corrected chi connectivity index (χ2v) is 7.90. The van der Waals surface area contributed by atoms with E-state index >= 15 is 0 Å². The molecular weight excluding hydrogens is 361 g/mol. The van der Waals surface area contributed by atoms with Gasteiger partial charge in [0.15, 0.2) is 5.82 Å². The van der Waals surface area contributed by atoms with Crippen LogP contribution in [0.25, 0.3) is 0 Å². The molecule has 2 amide bonds. The van der Waals surface area contributed by atoms with Crippen molar-refractivity contribution >= 4 is 11.8 Å². The maximum atomic E-state index is 13.9. The molecule has 3 rings (SSSR count). The van der Waals surface area contributed by atoms with Gasteiger partial charge >= 0.3 is 0 Å². The molecular formula is C21H30FN3O3. The molecule has 28 heavy (non-hydrogen) atoms. The lowest BCUT2D eigenvalue weighted by atomic mass is 9.82. The standard InChI is InChI=1S/C21H30FN3O3/c1-2-10-28-19-7-6-15(20(26)24-12-14-4-3-5-14)11-18(19)25-21(27)16-8-9-23-13-17(16)22/h8-9,13-15,18-19H,2-7,10-12H2,1H3,(H,24,26)(H,25,27)/t15-,18+,19+/m0/s1. The van der Waals surface area contributed by atoms with Crippen LogP contribution in [0, 0.1) is 17.7 Å². The molecule has 6 nitrogen and oxygen atoms in total. The third-order valence-electron chi connectivity index (χ3n) is 5.82. The molecule has 2 fully saturated rings. The molecule has 7 heteroatoms. The first kappa shape index (κ1) is 20.7. The molecule has 2 aliphatic rings. The maximum absolute atomic E-state index is 13.9. The van der Waals surface area contributed by atoms with Gasteiger partial charge in [-0.1, -0.05) is 13.3 Å². The van der Waals surface area contributed by atoms with E-state index in [2.05, 4.69) is 15.6 Å². The quantitative estimate of drug-likeness (QED) is 0.714. The van der Waals surface area contributed by atoms with E-state index in [1.54, 1.807) is 0 Å². The first-order valence-corrected chi connectivity index (χ1v) is 10.4. The minimum absolute atomic E-state index is 0.0409. The van der Waals surface area contributed by atoms with Crippen LogP contribution in [0.3, 0.4) is 0 Å². The number of hydrogen-bond acceptors (Lipinski definition) is 4. The smallest absolute Gasteiger partial charge is 0.254 e. The van der Waals surface area contributed by atoms with Crippen LogP contribution in [0.15, 0.2) is 18.5 Å².